The van der Waals surface area contributed by atoms with Gasteiger partial charge in [0.05, 0.1) is 5.56 Å². The molecule has 1 aliphatic heterocycles. The van der Waals surface area contributed by atoms with Crippen molar-refractivity contribution in [2.24, 2.45) is 4.99 Å². The lowest BCUT2D eigenvalue weighted by molar-refractivity contribution is -0.107. The molecule has 0 bridgehead atoms. The molecule has 0 saturated carbocycles. The lowest BCUT2D eigenvalue weighted by Gasteiger charge is -2.02. The smallest absolute Gasteiger partial charge is 0.335 e. The monoisotopic (exact) mass is 389 g/mol. The van der Waals surface area contributed by atoms with Gasteiger partial charge in [0.25, 0.3) is 0 Å². The first-order valence-corrected chi connectivity index (χ1v) is 9.43. The molecule has 0 spiro atoms. The number of aliphatic imine (C=N–C) groups is 1. The molecule has 25 heavy (non-hydrogen) atoms. The largest absolute Gasteiger partial charge is 0.478 e. The minimum Gasteiger partial charge on any atom is -0.478 e. The van der Waals surface area contributed by atoms with Crippen LogP contribution >= 0.6 is 35.1 Å². The maximum atomic E-state index is 12.1. The van der Waals surface area contributed by atoms with Gasteiger partial charge in [-0.1, -0.05) is 53.7 Å². The molecule has 0 amide bonds. The molecule has 0 unspecified atom stereocenters. The number of aromatic carboxylic acids is 1. The number of rotatable bonds is 4. The van der Waals surface area contributed by atoms with E-state index in [2.05, 4.69) is 4.99 Å². The summed E-state index contributed by atoms with van der Waals surface area (Å²) >= 11 is 8.69. The number of carboxylic acid groups (broad SMARTS) is 1. The molecule has 0 saturated heterocycles. The SMILES string of the molecule is O=C1SC(SCc2ccccc2Cl)=NC1=Cc1ccc(C(=O)O)cc1. The van der Waals surface area contributed by atoms with E-state index >= 15 is 0 Å². The topological polar surface area (TPSA) is 66.7 Å². The second-order valence-corrected chi connectivity index (χ2v) is 7.70. The van der Waals surface area contributed by atoms with Crippen molar-refractivity contribution in [3.63, 3.8) is 0 Å². The van der Waals surface area contributed by atoms with Gasteiger partial charge in [0.2, 0.25) is 5.12 Å². The van der Waals surface area contributed by atoms with E-state index in [1.165, 1.54) is 23.9 Å². The molecule has 0 aliphatic carbocycles. The molecule has 4 nitrogen and oxygen atoms in total. The van der Waals surface area contributed by atoms with Gasteiger partial charge in [-0.25, -0.2) is 9.79 Å². The van der Waals surface area contributed by atoms with Crippen molar-refractivity contribution in [1.82, 2.24) is 0 Å². The van der Waals surface area contributed by atoms with Gasteiger partial charge in [-0.3, -0.25) is 4.79 Å². The molecule has 3 rings (SSSR count). The van der Waals surface area contributed by atoms with E-state index in [0.29, 0.717) is 20.8 Å². The third kappa shape index (κ3) is 4.54. The van der Waals surface area contributed by atoms with Crippen molar-refractivity contribution in [2.45, 2.75) is 5.75 Å². The van der Waals surface area contributed by atoms with Crippen LogP contribution in [0.3, 0.4) is 0 Å². The molecular weight excluding hydrogens is 378 g/mol. The van der Waals surface area contributed by atoms with Crippen LogP contribution < -0.4 is 0 Å². The van der Waals surface area contributed by atoms with Gasteiger partial charge >= 0.3 is 5.97 Å². The first kappa shape index (κ1) is 17.8. The van der Waals surface area contributed by atoms with Crippen LogP contribution in [0.5, 0.6) is 0 Å². The van der Waals surface area contributed by atoms with Gasteiger partial charge in [0.15, 0.2) is 0 Å². The van der Waals surface area contributed by atoms with Crippen molar-refractivity contribution >= 4 is 56.7 Å². The summed E-state index contributed by atoms with van der Waals surface area (Å²) in [5.74, 6) is -0.345. The van der Waals surface area contributed by atoms with Gasteiger partial charge in [-0.2, -0.15) is 0 Å². The summed E-state index contributed by atoms with van der Waals surface area (Å²) in [6.07, 6.45) is 1.66. The molecule has 1 heterocycles. The highest BCUT2D eigenvalue weighted by molar-refractivity contribution is 8.45. The van der Waals surface area contributed by atoms with Crippen LogP contribution in [0.1, 0.15) is 21.5 Å². The third-order valence-electron chi connectivity index (χ3n) is 3.37. The number of thioether (sulfide) groups is 2. The summed E-state index contributed by atoms with van der Waals surface area (Å²) in [5.41, 5.74) is 2.28. The number of carbonyl (C=O) groups is 2. The van der Waals surface area contributed by atoms with E-state index in [9.17, 15) is 9.59 Å². The first-order chi connectivity index (χ1) is 12.0. The summed E-state index contributed by atoms with van der Waals surface area (Å²) in [5, 5.41) is 9.47. The Morgan fingerprint density at radius 3 is 2.60 bits per heavy atom. The van der Waals surface area contributed by atoms with Crippen molar-refractivity contribution < 1.29 is 14.7 Å². The predicted octanol–water partition coefficient (Wildman–Crippen LogP) is 4.94. The quantitative estimate of drug-likeness (QED) is 0.750. The Kier molecular flexibility index (Phi) is 5.63. The molecule has 2 aromatic rings. The van der Waals surface area contributed by atoms with Gasteiger partial charge < -0.3 is 5.11 Å². The Balaban J connectivity index is 1.71. The number of carboxylic acids is 1. The minimum absolute atomic E-state index is 0.121. The lowest BCUT2D eigenvalue weighted by atomic mass is 10.1. The first-order valence-electron chi connectivity index (χ1n) is 7.25. The standard InChI is InChI=1S/C18H12ClNO3S2/c19-14-4-2-1-3-13(14)10-24-18-20-15(17(23)25-18)9-11-5-7-12(8-6-11)16(21)22/h1-9H,10H2,(H,21,22). The number of hydrogen-bond donors (Lipinski definition) is 1. The summed E-state index contributed by atoms with van der Waals surface area (Å²) in [6, 6.07) is 13.9. The molecule has 126 valence electrons. The molecule has 0 fully saturated rings. The Labute approximate surface area is 158 Å². The van der Waals surface area contributed by atoms with Crippen molar-refractivity contribution in [2.75, 3.05) is 0 Å². The molecule has 0 radical (unpaired) electrons. The van der Waals surface area contributed by atoms with E-state index < -0.39 is 5.97 Å². The zero-order valence-corrected chi connectivity index (χ0v) is 15.2. The minimum atomic E-state index is -0.983. The highest BCUT2D eigenvalue weighted by atomic mass is 35.5. The average Bonchev–Trinajstić information content (AvgIpc) is 2.94. The Hall–Kier alpha value is -2.02. The van der Waals surface area contributed by atoms with E-state index in [0.717, 1.165) is 22.9 Å². The Morgan fingerprint density at radius 2 is 1.92 bits per heavy atom. The van der Waals surface area contributed by atoms with Crippen molar-refractivity contribution in [3.05, 3.63) is 75.9 Å². The second-order valence-electron chi connectivity index (χ2n) is 5.10. The van der Waals surface area contributed by atoms with Crippen molar-refractivity contribution in [3.8, 4) is 0 Å². The molecule has 1 aliphatic rings. The molecule has 1 N–H and O–H groups in total. The molecule has 0 aromatic heterocycles. The van der Waals surface area contributed by atoms with Crippen LogP contribution in [-0.2, 0) is 10.5 Å². The highest BCUT2D eigenvalue weighted by Crippen LogP contribution is 2.33. The Bertz CT molecular complexity index is 891. The fourth-order valence-electron chi connectivity index (χ4n) is 2.09. The normalized spacial score (nSPS) is 15.5. The van der Waals surface area contributed by atoms with Crippen LogP contribution in [0.15, 0.2) is 59.2 Å². The summed E-state index contributed by atoms with van der Waals surface area (Å²) < 4.78 is 0.679. The third-order valence-corrected chi connectivity index (χ3v) is 5.80. The maximum Gasteiger partial charge on any atom is 0.335 e. The summed E-state index contributed by atoms with van der Waals surface area (Å²) in [4.78, 5) is 27.3. The van der Waals surface area contributed by atoms with Crippen LogP contribution in [0.2, 0.25) is 5.02 Å². The maximum absolute atomic E-state index is 12.1. The lowest BCUT2D eigenvalue weighted by Crippen LogP contribution is -1.95. The van der Waals surface area contributed by atoms with Crippen LogP contribution in [0, 0.1) is 0 Å². The van der Waals surface area contributed by atoms with Crippen LogP contribution in [0.25, 0.3) is 6.08 Å². The van der Waals surface area contributed by atoms with Gasteiger partial charge in [-0.05, 0) is 47.2 Å². The number of benzene rings is 2. The number of carbonyl (C=O) groups excluding carboxylic acids is 1. The number of nitrogens with zero attached hydrogens (tertiary/aromatic N) is 1. The number of halogens is 1. The van der Waals surface area contributed by atoms with E-state index in [-0.39, 0.29) is 10.7 Å². The molecule has 7 heteroatoms. The molecule has 2 aromatic carbocycles. The Morgan fingerprint density at radius 1 is 1.20 bits per heavy atom. The zero-order chi connectivity index (χ0) is 17.8. The molecular formula is C18H12ClNO3S2. The van der Waals surface area contributed by atoms with Crippen molar-refractivity contribution in [1.29, 1.82) is 0 Å². The number of hydrogen-bond acceptors (Lipinski definition) is 5. The fraction of sp³-hybridized carbons (Fsp3) is 0.0556. The average molecular weight is 390 g/mol. The molecule has 0 atom stereocenters. The van der Waals surface area contributed by atoms with Crippen LogP contribution in [-0.4, -0.2) is 20.6 Å². The summed E-state index contributed by atoms with van der Waals surface area (Å²) in [7, 11) is 0. The van der Waals surface area contributed by atoms with E-state index in [1.54, 1.807) is 18.2 Å². The fourth-order valence-corrected chi connectivity index (χ4v) is 4.21. The van der Waals surface area contributed by atoms with E-state index in [4.69, 9.17) is 16.7 Å². The van der Waals surface area contributed by atoms with Gasteiger partial charge in [0, 0.05) is 10.8 Å². The second kappa shape index (κ2) is 7.91. The zero-order valence-electron chi connectivity index (χ0n) is 12.8. The van der Waals surface area contributed by atoms with E-state index in [1.807, 2.05) is 24.3 Å². The van der Waals surface area contributed by atoms with Crippen LogP contribution in [0.4, 0.5) is 0 Å². The van der Waals surface area contributed by atoms with Gasteiger partial charge in [0.1, 0.15) is 10.1 Å². The summed E-state index contributed by atoms with van der Waals surface area (Å²) in [6.45, 7) is 0. The highest BCUT2D eigenvalue weighted by Gasteiger charge is 2.22. The predicted molar refractivity (Wildman–Crippen MR) is 104 cm³/mol. The van der Waals surface area contributed by atoms with Gasteiger partial charge in [-0.15, -0.1) is 0 Å².